The lowest BCUT2D eigenvalue weighted by molar-refractivity contribution is 1.10. The minimum atomic E-state index is -0.355. The Morgan fingerprint density at radius 3 is 2.73 bits per heavy atom. The van der Waals surface area contributed by atoms with Crippen molar-refractivity contribution in [3.05, 3.63) is 47.1 Å². The molecule has 0 N–H and O–H groups in total. The van der Waals surface area contributed by atoms with Gasteiger partial charge in [0, 0.05) is 8.41 Å². The zero-order valence-electron chi connectivity index (χ0n) is 9.72. The summed E-state index contributed by atoms with van der Waals surface area (Å²) in [5.41, 5.74) is 4.30. The smallest absolute Gasteiger partial charge is 0.0136 e. The van der Waals surface area contributed by atoms with Crippen molar-refractivity contribution >= 4 is 13.6 Å². The van der Waals surface area contributed by atoms with Crippen molar-refractivity contribution in [2.45, 2.75) is 32.9 Å². The molecule has 0 aromatic heterocycles. The first-order valence-corrected chi connectivity index (χ1v) is 8.11. The maximum absolute atomic E-state index is 3.61. The average Bonchev–Trinajstić information content (AvgIpc) is 2.86. The zero-order valence-corrected chi connectivity index (χ0v) is 10.7. The Morgan fingerprint density at radius 2 is 2.20 bits per heavy atom. The van der Waals surface area contributed by atoms with Gasteiger partial charge in [-0.3, -0.25) is 0 Å². The van der Waals surface area contributed by atoms with E-state index in [4.69, 9.17) is 0 Å². The molecule has 0 spiro atoms. The highest BCUT2D eigenvalue weighted by atomic mass is 28.2. The predicted octanol–water partition coefficient (Wildman–Crippen LogP) is 3.46. The predicted molar refractivity (Wildman–Crippen MR) is 69.5 cm³/mol. The Labute approximate surface area is 93.9 Å². The summed E-state index contributed by atoms with van der Waals surface area (Å²) in [5, 5.41) is 1.46. The van der Waals surface area contributed by atoms with E-state index in [1.807, 2.05) is 0 Å². The second kappa shape index (κ2) is 4.27. The van der Waals surface area contributed by atoms with Crippen LogP contribution in [0.1, 0.15) is 19.8 Å². The first-order valence-electron chi connectivity index (χ1n) is 5.61. The summed E-state index contributed by atoms with van der Waals surface area (Å²) in [5.74, 6) is 0. The van der Waals surface area contributed by atoms with E-state index in [1.165, 1.54) is 21.9 Å². The molecule has 0 fully saturated rings. The van der Waals surface area contributed by atoms with Gasteiger partial charge in [0.25, 0.3) is 0 Å². The molecule has 15 heavy (non-hydrogen) atoms. The normalized spacial score (nSPS) is 19.1. The molecule has 0 aromatic carbocycles. The summed E-state index contributed by atoms with van der Waals surface area (Å²) in [6.45, 7) is 6.90. The molecule has 0 aliphatic heterocycles. The summed E-state index contributed by atoms with van der Waals surface area (Å²) in [7, 11) is -0.355. The van der Waals surface area contributed by atoms with E-state index in [0.29, 0.717) is 0 Å². The molecule has 1 heteroatoms. The van der Waals surface area contributed by atoms with Gasteiger partial charge in [-0.25, -0.2) is 0 Å². The Balaban J connectivity index is 2.37. The summed E-state index contributed by atoms with van der Waals surface area (Å²) >= 11 is 0. The van der Waals surface area contributed by atoms with Gasteiger partial charge in [-0.05, 0) is 40.8 Å². The minimum Gasteiger partial charge on any atom is -0.0801 e. The van der Waals surface area contributed by atoms with E-state index >= 15 is 0 Å². The monoisotopic (exact) mass is 213 g/mol. The second-order valence-electron chi connectivity index (χ2n) is 4.26. The van der Waals surface area contributed by atoms with E-state index in [2.05, 4.69) is 50.4 Å². The molecular formula is C14H17Si. The van der Waals surface area contributed by atoms with Crippen LogP contribution in [0.2, 0.25) is 13.1 Å². The molecule has 2 aliphatic rings. The highest BCUT2D eigenvalue weighted by Crippen LogP contribution is 2.30. The van der Waals surface area contributed by atoms with Crippen molar-refractivity contribution in [1.29, 1.82) is 0 Å². The Bertz CT molecular complexity index is 424. The summed E-state index contributed by atoms with van der Waals surface area (Å²) in [4.78, 5) is 0. The fraction of sp³-hybridized carbons (Fsp3) is 0.357. The lowest BCUT2D eigenvalue weighted by atomic mass is 9.98. The van der Waals surface area contributed by atoms with Crippen LogP contribution in [0.25, 0.3) is 0 Å². The number of hydrogen-bond acceptors (Lipinski definition) is 0. The van der Waals surface area contributed by atoms with E-state index < -0.39 is 0 Å². The van der Waals surface area contributed by atoms with Crippen LogP contribution in [-0.2, 0) is 0 Å². The third-order valence-electron chi connectivity index (χ3n) is 2.91. The molecule has 0 atom stereocenters. The van der Waals surface area contributed by atoms with Gasteiger partial charge in [0.05, 0.1) is 0 Å². The largest absolute Gasteiger partial charge is 0.0801 e. The van der Waals surface area contributed by atoms with Gasteiger partial charge >= 0.3 is 0 Å². The van der Waals surface area contributed by atoms with Crippen LogP contribution in [0, 0.1) is 6.08 Å². The maximum Gasteiger partial charge on any atom is 0.0136 e. The molecule has 0 aromatic rings. The van der Waals surface area contributed by atoms with Gasteiger partial charge < -0.3 is 0 Å². The standard InChI is InChI=1S/C14H17Si/c1-4-11-9-13(15(2)3)10-14(11)12-7-5-6-8-12/h5-7,9H,4,8H2,1-3H3. The van der Waals surface area contributed by atoms with Gasteiger partial charge in [0.15, 0.2) is 0 Å². The Kier molecular flexibility index (Phi) is 3.01. The fourth-order valence-corrected chi connectivity index (χ4v) is 2.80. The van der Waals surface area contributed by atoms with Crippen molar-refractivity contribution < 1.29 is 0 Å². The molecule has 0 nitrogen and oxygen atoms in total. The SMILES string of the molecule is CCC1=CC(=[Si](C)C)[C]=C1C1=CC=CC1. The molecule has 0 amide bonds. The lowest BCUT2D eigenvalue weighted by Gasteiger charge is -2.06. The van der Waals surface area contributed by atoms with E-state index in [1.54, 1.807) is 0 Å². The van der Waals surface area contributed by atoms with Crippen LogP contribution < -0.4 is 0 Å². The highest BCUT2D eigenvalue weighted by molar-refractivity contribution is 6.72. The molecule has 0 bridgehead atoms. The third kappa shape index (κ3) is 2.02. The highest BCUT2D eigenvalue weighted by Gasteiger charge is 2.16. The molecular weight excluding hydrogens is 196 g/mol. The Hall–Kier alpha value is -0.953. The molecule has 0 unspecified atom stereocenters. The molecule has 2 rings (SSSR count). The van der Waals surface area contributed by atoms with Crippen molar-refractivity contribution in [1.82, 2.24) is 0 Å². The molecule has 1 radical (unpaired) electrons. The van der Waals surface area contributed by atoms with Crippen LogP contribution in [0.5, 0.6) is 0 Å². The van der Waals surface area contributed by atoms with Crippen LogP contribution in [0.3, 0.4) is 0 Å². The molecule has 77 valence electrons. The summed E-state index contributed by atoms with van der Waals surface area (Å²) in [6, 6.07) is 0. The van der Waals surface area contributed by atoms with Crippen LogP contribution in [0.4, 0.5) is 0 Å². The maximum atomic E-state index is 3.61. The number of allylic oxidation sites excluding steroid dienone is 8. The summed E-state index contributed by atoms with van der Waals surface area (Å²) in [6.07, 6.45) is 14.8. The van der Waals surface area contributed by atoms with Crippen LogP contribution in [-0.4, -0.2) is 13.6 Å². The van der Waals surface area contributed by atoms with Gasteiger partial charge in [-0.1, -0.05) is 44.3 Å². The number of hydrogen-bond donors (Lipinski definition) is 0. The van der Waals surface area contributed by atoms with Gasteiger partial charge in [-0.15, -0.1) is 0 Å². The minimum absolute atomic E-state index is 0.355. The van der Waals surface area contributed by atoms with E-state index in [-0.39, 0.29) is 8.41 Å². The van der Waals surface area contributed by atoms with Crippen molar-refractivity contribution in [3.8, 4) is 0 Å². The van der Waals surface area contributed by atoms with Crippen LogP contribution in [0.15, 0.2) is 41.0 Å². The van der Waals surface area contributed by atoms with Crippen molar-refractivity contribution in [2.75, 3.05) is 0 Å². The number of rotatable bonds is 2. The topological polar surface area (TPSA) is 0 Å². The van der Waals surface area contributed by atoms with Gasteiger partial charge in [0.2, 0.25) is 0 Å². The van der Waals surface area contributed by atoms with Gasteiger partial charge in [0.1, 0.15) is 0 Å². The van der Waals surface area contributed by atoms with Crippen LogP contribution >= 0.6 is 0 Å². The first-order chi connectivity index (χ1) is 7.22. The molecule has 0 saturated carbocycles. The van der Waals surface area contributed by atoms with E-state index in [9.17, 15) is 0 Å². The van der Waals surface area contributed by atoms with Crippen molar-refractivity contribution in [3.63, 3.8) is 0 Å². The Morgan fingerprint density at radius 1 is 1.40 bits per heavy atom. The molecule has 2 aliphatic carbocycles. The summed E-state index contributed by atoms with van der Waals surface area (Å²) < 4.78 is 0. The zero-order chi connectivity index (χ0) is 10.8. The van der Waals surface area contributed by atoms with Crippen molar-refractivity contribution in [2.24, 2.45) is 0 Å². The lowest BCUT2D eigenvalue weighted by Crippen LogP contribution is -2.01. The third-order valence-corrected chi connectivity index (χ3v) is 4.26. The fourth-order valence-electron chi connectivity index (χ4n) is 1.96. The molecule has 0 heterocycles. The quantitative estimate of drug-likeness (QED) is 0.616. The van der Waals surface area contributed by atoms with Gasteiger partial charge in [-0.2, -0.15) is 0 Å². The average molecular weight is 213 g/mol. The first kappa shape index (κ1) is 10.6. The second-order valence-corrected chi connectivity index (χ2v) is 6.80. The molecule has 0 saturated heterocycles. The van der Waals surface area contributed by atoms with E-state index in [0.717, 1.165) is 12.8 Å².